The molecule has 2 aliphatic rings. The van der Waals surface area contributed by atoms with Crippen molar-refractivity contribution in [3.05, 3.63) is 34.9 Å². The number of carbonyl (C=O) groups is 2. The van der Waals surface area contributed by atoms with Gasteiger partial charge in [0.15, 0.2) is 16.4 Å². The van der Waals surface area contributed by atoms with Crippen LogP contribution in [0.4, 0.5) is 0 Å². The number of benzene rings is 1. The molecule has 7 heteroatoms. The number of rotatable bonds is 5. The van der Waals surface area contributed by atoms with Crippen LogP contribution in [0.5, 0.6) is 0 Å². The smallest absolute Gasteiger partial charge is 0.310 e. The summed E-state index contributed by atoms with van der Waals surface area (Å²) in [6, 6.07) is 6.13. The number of sulfone groups is 1. The van der Waals surface area contributed by atoms with Gasteiger partial charge in [-0.1, -0.05) is 18.2 Å². The Kier molecular flexibility index (Phi) is 5.65. The summed E-state index contributed by atoms with van der Waals surface area (Å²) in [7, 11) is -3.14. The van der Waals surface area contributed by atoms with E-state index in [0.717, 1.165) is 18.4 Å². The summed E-state index contributed by atoms with van der Waals surface area (Å²) in [5.41, 5.74) is 3.77. The molecule has 1 fully saturated rings. The predicted octanol–water partition coefficient (Wildman–Crippen LogP) is 1.72. The molecule has 1 aromatic carbocycles. The van der Waals surface area contributed by atoms with Crippen molar-refractivity contribution < 1.29 is 22.7 Å². The molecule has 142 valence electrons. The van der Waals surface area contributed by atoms with Gasteiger partial charge in [0.05, 0.1) is 23.5 Å². The van der Waals surface area contributed by atoms with Crippen LogP contribution in [-0.4, -0.2) is 38.4 Å². The highest BCUT2D eigenvalue weighted by Crippen LogP contribution is 2.25. The number of esters is 1. The number of hydrogen-bond donors (Lipinski definition) is 1. The van der Waals surface area contributed by atoms with E-state index in [2.05, 4.69) is 17.4 Å². The zero-order valence-electron chi connectivity index (χ0n) is 15.0. The van der Waals surface area contributed by atoms with E-state index in [4.69, 9.17) is 4.74 Å². The number of aryl methyl sites for hydroxylation is 2. The molecule has 1 amide bonds. The number of hydrogen-bond acceptors (Lipinski definition) is 5. The fraction of sp³-hybridized carbons (Fsp3) is 0.579. The van der Waals surface area contributed by atoms with Crippen molar-refractivity contribution in [2.24, 2.45) is 5.92 Å². The molecule has 0 saturated carbocycles. The van der Waals surface area contributed by atoms with Crippen molar-refractivity contribution in [3.8, 4) is 0 Å². The maximum Gasteiger partial charge on any atom is 0.310 e. The highest BCUT2D eigenvalue weighted by atomic mass is 32.2. The molecule has 3 rings (SSSR count). The lowest BCUT2D eigenvalue weighted by Crippen LogP contribution is -2.32. The van der Waals surface area contributed by atoms with E-state index in [1.807, 2.05) is 13.0 Å². The van der Waals surface area contributed by atoms with Gasteiger partial charge in [0.2, 0.25) is 0 Å². The minimum atomic E-state index is -3.14. The zero-order chi connectivity index (χ0) is 18.7. The van der Waals surface area contributed by atoms with Gasteiger partial charge in [0.25, 0.3) is 5.91 Å². The molecule has 1 aliphatic heterocycles. The Bertz CT molecular complexity index is 802. The molecule has 6 nitrogen and oxygen atoms in total. The van der Waals surface area contributed by atoms with Crippen molar-refractivity contribution in [2.45, 2.75) is 45.1 Å². The van der Waals surface area contributed by atoms with E-state index in [-0.39, 0.29) is 36.5 Å². The molecule has 2 atom stereocenters. The maximum absolute atomic E-state index is 12.1. The Labute approximate surface area is 154 Å². The van der Waals surface area contributed by atoms with Crippen LogP contribution >= 0.6 is 0 Å². The van der Waals surface area contributed by atoms with Crippen LogP contribution < -0.4 is 5.32 Å². The molecular formula is C19H25NO5S. The van der Waals surface area contributed by atoms with Crippen molar-refractivity contribution in [2.75, 3.05) is 18.1 Å². The van der Waals surface area contributed by atoms with Crippen molar-refractivity contribution >= 4 is 21.7 Å². The first-order valence-corrected chi connectivity index (χ1v) is 10.9. The standard InChI is InChI=1S/C19H25NO5S/c1-13(15-7-6-14-4-2-3-5-16(14)10-15)20-18(21)11-25-19(22)17-8-9-26(23,24)12-17/h6-7,10,13,17H,2-5,8-9,11-12H2,1H3,(H,20,21)/t13-,17-/m0/s1. The largest absolute Gasteiger partial charge is 0.455 e. The molecule has 0 bridgehead atoms. The quantitative estimate of drug-likeness (QED) is 0.787. The molecule has 0 spiro atoms. The van der Waals surface area contributed by atoms with Crippen LogP contribution in [-0.2, 0) is 37.0 Å². The summed E-state index contributed by atoms with van der Waals surface area (Å²) < 4.78 is 27.8. The third-order valence-electron chi connectivity index (χ3n) is 5.16. The topological polar surface area (TPSA) is 89.5 Å². The van der Waals surface area contributed by atoms with Gasteiger partial charge in [0, 0.05) is 0 Å². The second-order valence-corrected chi connectivity index (χ2v) is 9.46. The number of carbonyl (C=O) groups excluding carboxylic acids is 2. The SMILES string of the molecule is C[C@H](NC(=O)COC(=O)[C@H]1CCS(=O)(=O)C1)c1ccc2c(c1)CCCC2. The summed E-state index contributed by atoms with van der Waals surface area (Å²) in [6.45, 7) is 1.51. The van der Waals surface area contributed by atoms with E-state index < -0.39 is 21.7 Å². The highest BCUT2D eigenvalue weighted by molar-refractivity contribution is 7.91. The molecule has 0 unspecified atom stereocenters. The Morgan fingerprint density at radius 3 is 2.65 bits per heavy atom. The first-order chi connectivity index (χ1) is 12.3. The second kappa shape index (κ2) is 7.78. The van der Waals surface area contributed by atoms with Crippen molar-refractivity contribution in [3.63, 3.8) is 0 Å². The molecule has 1 N–H and O–H groups in total. The fourth-order valence-electron chi connectivity index (χ4n) is 3.62. The van der Waals surface area contributed by atoms with Gasteiger partial charge in [-0.25, -0.2) is 8.42 Å². The normalized spacial score (nSPS) is 22.3. The van der Waals surface area contributed by atoms with Crippen LogP contribution in [0.15, 0.2) is 18.2 Å². The van der Waals surface area contributed by atoms with Gasteiger partial charge in [-0.3, -0.25) is 9.59 Å². The molecule has 1 heterocycles. The van der Waals surface area contributed by atoms with Gasteiger partial charge >= 0.3 is 5.97 Å². The van der Waals surface area contributed by atoms with Gasteiger partial charge in [-0.05, 0) is 55.7 Å². The zero-order valence-corrected chi connectivity index (χ0v) is 15.8. The van der Waals surface area contributed by atoms with Crippen molar-refractivity contribution in [1.82, 2.24) is 5.32 Å². The Morgan fingerprint density at radius 1 is 1.23 bits per heavy atom. The average molecular weight is 379 g/mol. The van der Waals surface area contributed by atoms with Gasteiger partial charge < -0.3 is 10.1 Å². The third kappa shape index (κ3) is 4.63. The monoisotopic (exact) mass is 379 g/mol. The van der Waals surface area contributed by atoms with E-state index >= 15 is 0 Å². The average Bonchev–Trinajstić information content (AvgIpc) is 2.99. The van der Waals surface area contributed by atoms with E-state index in [1.54, 1.807) is 0 Å². The minimum absolute atomic E-state index is 0.00826. The third-order valence-corrected chi connectivity index (χ3v) is 6.93. The Hall–Kier alpha value is -1.89. The first kappa shape index (κ1) is 18.9. The van der Waals surface area contributed by atoms with Crippen LogP contribution in [0.2, 0.25) is 0 Å². The van der Waals surface area contributed by atoms with E-state index in [1.165, 1.54) is 24.0 Å². The minimum Gasteiger partial charge on any atom is -0.455 e. The van der Waals surface area contributed by atoms with E-state index in [0.29, 0.717) is 0 Å². The lowest BCUT2D eigenvalue weighted by molar-refractivity contribution is -0.152. The molecule has 1 aromatic rings. The number of fused-ring (bicyclic) bond motifs is 1. The number of nitrogens with one attached hydrogen (secondary N) is 1. The maximum atomic E-state index is 12.1. The van der Waals surface area contributed by atoms with Crippen LogP contribution in [0.1, 0.15) is 48.9 Å². The van der Waals surface area contributed by atoms with Crippen LogP contribution in [0.25, 0.3) is 0 Å². The summed E-state index contributed by atoms with van der Waals surface area (Å²) in [4.78, 5) is 23.9. The summed E-state index contributed by atoms with van der Waals surface area (Å²) in [5, 5.41) is 2.83. The second-order valence-electron chi connectivity index (χ2n) is 7.23. The van der Waals surface area contributed by atoms with Crippen molar-refractivity contribution in [1.29, 1.82) is 0 Å². The molecular weight excluding hydrogens is 354 g/mol. The molecule has 26 heavy (non-hydrogen) atoms. The number of amides is 1. The predicted molar refractivity (Wildman–Crippen MR) is 97.4 cm³/mol. The molecule has 0 aromatic heterocycles. The molecule has 1 saturated heterocycles. The van der Waals surface area contributed by atoms with E-state index in [9.17, 15) is 18.0 Å². The summed E-state index contributed by atoms with van der Waals surface area (Å²) >= 11 is 0. The molecule has 1 aliphatic carbocycles. The lowest BCUT2D eigenvalue weighted by atomic mass is 9.89. The number of ether oxygens (including phenoxy) is 1. The van der Waals surface area contributed by atoms with Crippen LogP contribution in [0, 0.1) is 5.92 Å². The molecule has 0 radical (unpaired) electrons. The van der Waals surface area contributed by atoms with Crippen LogP contribution in [0.3, 0.4) is 0 Å². The summed E-state index contributed by atoms with van der Waals surface area (Å²) in [6.07, 6.45) is 4.89. The fourth-order valence-corrected chi connectivity index (χ4v) is 5.35. The van der Waals surface area contributed by atoms with Gasteiger partial charge in [0.1, 0.15) is 0 Å². The highest BCUT2D eigenvalue weighted by Gasteiger charge is 2.34. The first-order valence-electron chi connectivity index (χ1n) is 9.12. The Balaban J connectivity index is 1.49. The Morgan fingerprint density at radius 2 is 1.96 bits per heavy atom. The van der Waals surface area contributed by atoms with Gasteiger partial charge in [-0.15, -0.1) is 0 Å². The summed E-state index contributed by atoms with van der Waals surface area (Å²) in [5.74, 6) is -1.81. The lowest BCUT2D eigenvalue weighted by Gasteiger charge is -2.20. The van der Waals surface area contributed by atoms with Gasteiger partial charge in [-0.2, -0.15) is 0 Å².